The molecule has 24 heavy (non-hydrogen) atoms. The molecule has 4 nitrogen and oxygen atoms in total. The fourth-order valence-electron chi connectivity index (χ4n) is 2.63. The molecular weight excluding hydrogens is 300 g/mol. The van der Waals surface area contributed by atoms with Gasteiger partial charge in [0, 0.05) is 19.8 Å². The lowest BCUT2D eigenvalue weighted by Gasteiger charge is -2.15. The normalized spacial score (nSPS) is 10.5. The van der Waals surface area contributed by atoms with Crippen molar-refractivity contribution in [2.75, 3.05) is 26.5 Å². The Labute approximate surface area is 141 Å². The fourth-order valence-corrected chi connectivity index (χ4v) is 2.63. The van der Waals surface area contributed by atoms with Gasteiger partial charge in [-0.3, -0.25) is 0 Å². The lowest BCUT2D eigenvalue weighted by atomic mass is 9.97. The number of fused-ring (bicyclic) bond motifs is 1. The molecule has 0 aliphatic rings. The highest BCUT2D eigenvalue weighted by molar-refractivity contribution is 6.01. The van der Waals surface area contributed by atoms with E-state index in [4.69, 9.17) is 4.74 Å². The molecule has 3 rings (SSSR count). The van der Waals surface area contributed by atoms with Gasteiger partial charge in [0.25, 0.3) is 0 Å². The van der Waals surface area contributed by atoms with E-state index in [0.717, 1.165) is 33.3 Å². The predicted octanol–water partition coefficient (Wildman–Crippen LogP) is 4.61. The van der Waals surface area contributed by atoms with Gasteiger partial charge in [-0.25, -0.2) is 4.79 Å². The standard InChI is InChI=1S/C20H20N2O2/c1-22(2)20(23)21-16-12-15-6-4-5-7-18(15)19(13-16)14-8-10-17(24-3)11-9-14/h4-13H,1-3H3,(H,21,23). The molecule has 1 N–H and O–H groups in total. The third kappa shape index (κ3) is 3.18. The Bertz CT molecular complexity index is 870. The highest BCUT2D eigenvalue weighted by Crippen LogP contribution is 2.33. The molecular formula is C20H20N2O2. The molecule has 0 heterocycles. The SMILES string of the molecule is COc1ccc(-c2cc(NC(=O)N(C)C)cc3ccccc23)cc1. The molecule has 4 heteroatoms. The second-order valence-electron chi connectivity index (χ2n) is 5.80. The van der Waals surface area contributed by atoms with Crippen molar-refractivity contribution in [3.8, 4) is 16.9 Å². The first kappa shape index (κ1) is 15.9. The summed E-state index contributed by atoms with van der Waals surface area (Å²) in [5, 5.41) is 5.16. The van der Waals surface area contributed by atoms with Crippen LogP contribution in [-0.4, -0.2) is 32.1 Å². The number of ether oxygens (including phenoxy) is 1. The van der Waals surface area contributed by atoms with Gasteiger partial charge in [-0.2, -0.15) is 0 Å². The summed E-state index contributed by atoms with van der Waals surface area (Å²) in [6.45, 7) is 0. The maximum atomic E-state index is 12.0. The Morgan fingerprint density at radius 2 is 1.71 bits per heavy atom. The van der Waals surface area contributed by atoms with Gasteiger partial charge in [-0.15, -0.1) is 0 Å². The van der Waals surface area contributed by atoms with E-state index < -0.39 is 0 Å². The molecule has 0 spiro atoms. The maximum Gasteiger partial charge on any atom is 0.321 e. The fraction of sp³-hybridized carbons (Fsp3) is 0.150. The average molecular weight is 320 g/mol. The van der Waals surface area contributed by atoms with Crippen molar-refractivity contribution in [2.45, 2.75) is 0 Å². The van der Waals surface area contributed by atoms with Crippen LogP contribution in [0.2, 0.25) is 0 Å². The number of anilines is 1. The van der Waals surface area contributed by atoms with E-state index in [0.29, 0.717) is 0 Å². The van der Waals surface area contributed by atoms with Crippen LogP contribution in [-0.2, 0) is 0 Å². The Kier molecular flexibility index (Phi) is 4.38. The molecule has 2 amide bonds. The zero-order chi connectivity index (χ0) is 17.1. The van der Waals surface area contributed by atoms with Crippen LogP contribution in [0.25, 0.3) is 21.9 Å². The molecule has 122 valence electrons. The monoisotopic (exact) mass is 320 g/mol. The summed E-state index contributed by atoms with van der Waals surface area (Å²) < 4.78 is 5.23. The maximum absolute atomic E-state index is 12.0. The Hall–Kier alpha value is -3.01. The number of carbonyl (C=O) groups excluding carboxylic acids is 1. The first-order valence-electron chi connectivity index (χ1n) is 7.74. The minimum absolute atomic E-state index is 0.147. The summed E-state index contributed by atoms with van der Waals surface area (Å²) in [6, 6.07) is 19.9. The molecule has 0 saturated carbocycles. The van der Waals surface area contributed by atoms with Crippen molar-refractivity contribution in [3.63, 3.8) is 0 Å². The van der Waals surface area contributed by atoms with Crippen molar-refractivity contribution in [1.82, 2.24) is 4.90 Å². The molecule has 0 fully saturated rings. The van der Waals surface area contributed by atoms with Crippen LogP contribution >= 0.6 is 0 Å². The van der Waals surface area contributed by atoms with E-state index in [1.54, 1.807) is 21.2 Å². The van der Waals surface area contributed by atoms with E-state index in [1.807, 2.05) is 54.6 Å². The van der Waals surface area contributed by atoms with E-state index in [1.165, 1.54) is 4.90 Å². The zero-order valence-corrected chi connectivity index (χ0v) is 14.0. The summed E-state index contributed by atoms with van der Waals surface area (Å²) in [7, 11) is 5.10. The highest BCUT2D eigenvalue weighted by atomic mass is 16.5. The van der Waals surface area contributed by atoms with Gasteiger partial charge in [-0.1, -0.05) is 36.4 Å². The molecule has 3 aromatic carbocycles. The molecule has 0 aliphatic carbocycles. The van der Waals surface area contributed by atoms with Crippen molar-refractivity contribution in [1.29, 1.82) is 0 Å². The average Bonchev–Trinajstić information content (AvgIpc) is 2.61. The Morgan fingerprint density at radius 1 is 1.00 bits per heavy atom. The van der Waals surface area contributed by atoms with Crippen molar-refractivity contribution in [3.05, 3.63) is 60.7 Å². The summed E-state index contributed by atoms with van der Waals surface area (Å²) in [5.41, 5.74) is 2.93. The number of methoxy groups -OCH3 is 1. The molecule has 0 aromatic heterocycles. The zero-order valence-electron chi connectivity index (χ0n) is 14.0. The van der Waals surface area contributed by atoms with E-state index >= 15 is 0 Å². The number of carbonyl (C=O) groups is 1. The van der Waals surface area contributed by atoms with Crippen LogP contribution < -0.4 is 10.1 Å². The van der Waals surface area contributed by atoms with Crippen LogP contribution in [0.1, 0.15) is 0 Å². The van der Waals surface area contributed by atoms with Gasteiger partial charge >= 0.3 is 6.03 Å². The van der Waals surface area contributed by atoms with Gasteiger partial charge in [0.15, 0.2) is 0 Å². The first-order valence-corrected chi connectivity index (χ1v) is 7.74. The number of benzene rings is 3. The van der Waals surface area contributed by atoms with Crippen LogP contribution in [0.5, 0.6) is 5.75 Å². The Balaban J connectivity index is 2.11. The smallest absolute Gasteiger partial charge is 0.321 e. The molecule has 0 saturated heterocycles. The largest absolute Gasteiger partial charge is 0.497 e. The summed E-state index contributed by atoms with van der Waals surface area (Å²) in [4.78, 5) is 13.5. The van der Waals surface area contributed by atoms with E-state index in [-0.39, 0.29) is 6.03 Å². The van der Waals surface area contributed by atoms with Gasteiger partial charge in [0.1, 0.15) is 5.75 Å². The summed E-state index contributed by atoms with van der Waals surface area (Å²) in [5.74, 6) is 0.820. The second-order valence-corrected chi connectivity index (χ2v) is 5.80. The van der Waals surface area contributed by atoms with Gasteiger partial charge in [0.2, 0.25) is 0 Å². The quantitative estimate of drug-likeness (QED) is 0.766. The number of hydrogen-bond acceptors (Lipinski definition) is 2. The number of amides is 2. The van der Waals surface area contributed by atoms with Crippen LogP contribution in [0.4, 0.5) is 10.5 Å². The van der Waals surface area contributed by atoms with Gasteiger partial charge in [0.05, 0.1) is 7.11 Å². The third-order valence-electron chi connectivity index (χ3n) is 3.92. The third-order valence-corrected chi connectivity index (χ3v) is 3.92. The Morgan fingerprint density at radius 3 is 2.38 bits per heavy atom. The van der Waals surface area contributed by atoms with Gasteiger partial charge < -0.3 is 15.0 Å². The summed E-state index contributed by atoms with van der Waals surface area (Å²) >= 11 is 0. The molecule has 3 aromatic rings. The number of rotatable bonds is 3. The second kappa shape index (κ2) is 6.62. The van der Waals surface area contributed by atoms with E-state index in [2.05, 4.69) is 11.4 Å². The summed E-state index contributed by atoms with van der Waals surface area (Å²) in [6.07, 6.45) is 0. The van der Waals surface area contributed by atoms with E-state index in [9.17, 15) is 4.79 Å². The minimum atomic E-state index is -0.147. The lowest BCUT2D eigenvalue weighted by molar-refractivity contribution is 0.230. The number of nitrogens with one attached hydrogen (secondary N) is 1. The molecule has 0 unspecified atom stereocenters. The van der Waals surface area contributed by atoms with Crippen LogP contribution in [0.15, 0.2) is 60.7 Å². The molecule has 0 atom stereocenters. The van der Waals surface area contributed by atoms with Gasteiger partial charge in [-0.05, 0) is 46.2 Å². The molecule has 0 aliphatic heterocycles. The lowest BCUT2D eigenvalue weighted by Crippen LogP contribution is -2.27. The first-order chi connectivity index (χ1) is 11.6. The number of nitrogens with zero attached hydrogens (tertiary/aromatic N) is 1. The minimum Gasteiger partial charge on any atom is -0.497 e. The topological polar surface area (TPSA) is 41.6 Å². The predicted molar refractivity (Wildman–Crippen MR) is 98.6 cm³/mol. The van der Waals surface area contributed by atoms with Crippen LogP contribution in [0, 0.1) is 0 Å². The highest BCUT2D eigenvalue weighted by Gasteiger charge is 2.09. The number of hydrogen-bond donors (Lipinski definition) is 1. The van der Waals surface area contributed by atoms with Crippen molar-refractivity contribution < 1.29 is 9.53 Å². The number of urea groups is 1. The molecule has 0 radical (unpaired) electrons. The molecule has 0 bridgehead atoms. The van der Waals surface area contributed by atoms with Crippen LogP contribution in [0.3, 0.4) is 0 Å². The van der Waals surface area contributed by atoms with Crippen molar-refractivity contribution in [2.24, 2.45) is 0 Å². The van der Waals surface area contributed by atoms with Crippen molar-refractivity contribution >= 4 is 22.5 Å².